The average molecular weight is 592 g/mol. The van der Waals surface area contributed by atoms with E-state index in [4.69, 9.17) is 21.1 Å². The molecule has 0 heterocycles. The van der Waals surface area contributed by atoms with Gasteiger partial charge in [-0.05, 0) is 71.1 Å². The molecule has 186 valence electrons. The molecule has 2 N–H and O–H groups in total. The van der Waals surface area contributed by atoms with Crippen LogP contribution in [0.2, 0.25) is 5.02 Å². The SMILES string of the molecule is COc1cc(Cl)c(Br)cc1S(=O)(=O)Nc1cc(C2(C#N)CCC2)cc(C(=O)Oc2ccccc2)c1O. The Bertz CT molecular complexity index is 1480. The quantitative estimate of drug-likeness (QED) is 0.203. The number of ether oxygens (including phenoxy) is 2. The molecule has 0 bridgehead atoms. The van der Waals surface area contributed by atoms with Crippen LogP contribution in [-0.2, 0) is 15.4 Å². The Balaban J connectivity index is 1.81. The number of methoxy groups -OCH3 is 1. The second-order valence-electron chi connectivity index (χ2n) is 8.19. The molecule has 3 aromatic carbocycles. The smallest absolute Gasteiger partial charge is 0.347 e. The summed E-state index contributed by atoms with van der Waals surface area (Å²) in [4.78, 5) is 12.7. The maximum atomic E-state index is 13.3. The molecule has 36 heavy (non-hydrogen) atoms. The predicted octanol–water partition coefficient (Wildman–Crippen LogP) is 5.78. The summed E-state index contributed by atoms with van der Waals surface area (Å²) in [5.74, 6) is -1.32. The Labute approximate surface area is 221 Å². The number of rotatable bonds is 7. The molecule has 0 aliphatic heterocycles. The van der Waals surface area contributed by atoms with Crippen molar-refractivity contribution in [2.75, 3.05) is 11.8 Å². The van der Waals surface area contributed by atoms with E-state index in [0.717, 1.165) is 6.42 Å². The molecule has 4 rings (SSSR count). The Morgan fingerprint density at radius 2 is 1.89 bits per heavy atom. The minimum Gasteiger partial charge on any atom is -0.505 e. The van der Waals surface area contributed by atoms with Crippen LogP contribution in [-0.4, -0.2) is 26.6 Å². The zero-order chi connectivity index (χ0) is 26.1. The van der Waals surface area contributed by atoms with Crippen LogP contribution < -0.4 is 14.2 Å². The predicted molar refractivity (Wildman–Crippen MR) is 137 cm³/mol. The third kappa shape index (κ3) is 4.87. The number of hydrogen-bond acceptors (Lipinski definition) is 7. The highest BCUT2D eigenvalue weighted by Crippen LogP contribution is 2.46. The summed E-state index contributed by atoms with van der Waals surface area (Å²) in [5, 5.41) is 21.0. The number of benzene rings is 3. The van der Waals surface area contributed by atoms with E-state index in [1.165, 1.54) is 31.4 Å². The molecule has 1 saturated carbocycles. The number of phenols is 1. The van der Waals surface area contributed by atoms with Gasteiger partial charge in [-0.2, -0.15) is 5.26 Å². The summed E-state index contributed by atoms with van der Waals surface area (Å²) in [6.45, 7) is 0. The van der Waals surface area contributed by atoms with E-state index in [9.17, 15) is 23.6 Å². The second-order valence-corrected chi connectivity index (χ2v) is 11.1. The maximum Gasteiger partial charge on any atom is 0.347 e. The van der Waals surface area contributed by atoms with Gasteiger partial charge in [0, 0.05) is 10.5 Å². The molecule has 1 aliphatic carbocycles. The lowest BCUT2D eigenvalue weighted by Gasteiger charge is -2.36. The van der Waals surface area contributed by atoms with Crippen molar-refractivity contribution in [1.29, 1.82) is 5.26 Å². The molecule has 0 unspecified atom stereocenters. The highest BCUT2D eigenvalue weighted by atomic mass is 79.9. The van der Waals surface area contributed by atoms with E-state index < -0.39 is 27.2 Å². The van der Waals surface area contributed by atoms with Gasteiger partial charge < -0.3 is 14.6 Å². The Kier molecular flexibility index (Phi) is 7.18. The minimum atomic E-state index is -4.34. The van der Waals surface area contributed by atoms with Crippen LogP contribution >= 0.6 is 27.5 Å². The monoisotopic (exact) mass is 590 g/mol. The second kappa shape index (κ2) is 10.0. The maximum absolute atomic E-state index is 13.3. The van der Waals surface area contributed by atoms with Crippen LogP contribution in [0.25, 0.3) is 0 Å². The first-order valence-corrected chi connectivity index (χ1v) is 13.4. The van der Waals surface area contributed by atoms with Gasteiger partial charge in [0.05, 0.1) is 29.3 Å². The molecule has 1 aliphatic rings. The fraction of sp³-hybridized carbons (Fsp3) is 0.200. The van der Waals surface area contributed by atoms with Gasteiger partial charge in [-0.15, -0.1) is 0 Å². The third-order valence-electron chi connectivity index (χ3n) is 6.00. The van der Waals surface area contributed by atoms with Crippen LogP contribution in [0.15, 0.2) is 64.0 Å². The average Bonchev–Trinajstić information content (AvgIpc) is 2.82. The molecular weight excluding hydrogens is 572 g/mol. The zero-order valence-electron chi connectivity index (χ0n) is 18.9. The number of hydrogen-bond donors (Lipinski definition) is 2. The van der Waals surface area contributed by atoms with Crippen molar-refractivity contribution in [3.63, 3.8) is 0 Å². The van der Waals surface area contributed by atoms with Crippen LogP contribution in [0.1, 0.15) is 35.2 Å². The van der Waals surface area contributed by atoms with E-state index in [2.05, 4.69) is 26.7 Å². The summed E-state index contributed by atoms with van der Waals surface area (Å²) < 4.78 is 39.9. The fourth-order valence-corrected chi connectivity index (χ4v) is 5.75. The lowest BCUT2D eigenvalue weighted by atomic mass is 9.65. The van der Waals surface area contributed by atoms with Gasteiger partial charge >= 0.3 is 5.97 Å². The number of carbonyl (C=O) groups is 1. The zero-order valence-corrected chi connectivity index (χ0v) is 22.1. The molecule has 0 amide bonds. The van der Waals surface area contributed by atoms with Crippen LogP contribution in [0.4, 0.5) is 5.69 Å². The highest BCUT2D eigenvalue weighted by molar-refractivity contribution is 9.10. The third-order valence-corrected chi connectivity index (χ3v) is 8.58. The van der Waals surface area contributed by atoms with Crippen LogP contribution in [0.5, 0.6) is 17.2 Å². The van der Waals surface area contributed by atoms with Gasteiger partial charge in [-0.3, -0.25) is 4.72 Å². The number of carbonyl (C=O) groups excluding carboxylic acids is 1. The topological polar surface area (TPSA) is 126 Å². The molecule has 0 spiro atoms. The molecule has 0 saturated heterocycles. The molecule has 0 aromatic heterocycles. The summed E-state index contributed by atoms with van der Waals surface area (Å²) >= 11 is 9.27. The standard InChI is InChI=1S/C25H20BrClN2O6S/c1-34-21-13-19(27)18(26)12-22(21)36(32,33)29-20-11-15(25(14-28)8-5-9-25)10-17(23(20)30)24(31)35-16-6-3-2-4-7-16/h2-4,6-7,10-13,29-30H,5,8-9H2,1H3. The lowest BCUT2D eigenvalue weighted by Crippen LogP contribution is -2.32. The van der Waals surface area contributed by atoms with Crippen molar-refractivity contribution in [1.82, 2.24) is 0 Å². The number of nitriles is 1. The number of anilines is 1. The fourth-order valence-electron chi connectivity index (χ4n) is 3.87. The molecule has 11 heteroatoms. The van der Waals surface area contributed by atoms with Crippen molar-refractivity contribution in [3.05, 3.63) is 75.2 Å². The Morgan fingerprint density at radius 3 is 2.47 bits per heavy atom. The van der Waals surface area contributed by atoms with Crippen molar-refractivity contribution in [3.8, 4) is 23.3 Å². The van der Waals surface area contributed by atoms with Gasteiger partial charge in [-0.25, -0.2) is 13.2 Å². The van der Waals surface area contributed by atoms with Crippen LogP contribution in [0.3, 0.4) is 0 Å². The molecular formula is C25H20BrClN2O6S. The van der Waals surface area contributed by atoms with Crippen molar-refractivity contribution < 1.29 is 27.8 Å². The Hall–Kier alpha value is -3.26. The minimum absolute atomic E-state index is 0.0254. The molecule has 0 atom stereocenters. The lowest BCUT2D eigenvalue weighted by molar-refractivity contribution is 0.0731. The van der Waals surface area contributed by atoms with Crippen molar-refractivity contribution in [2.45, 2.75) is 29.6 Å². The van der Waals surface area contributed by atoms with Gasteiger partial charge in [-0.1, -0.05) is 29.8 Å². The van der Waals surface area contributed by atoms with Gasteiger partial charge in [0.25, 0.3) is 10.0 Å². The number of aromatic hydroxyl groups is 1. The highest BCUT2D eigenvalue weighted by Gasteiger charge is 2.40. The first-order chi connectivity index (χ1) is 17.1. The number of nitrogens with zero attached hydrogens (tertiary/aromatic N) is 1. The molecule has 3 aromatic rings. The number of nitrogens with one attached hydrogen (secondary N) is 1. The summed E-state index contributed by atoms with van der Waals surface area (Å²) in [6, 6.07) is 15.8. The Morgan fingerprint density at radius 1 is 1.19 bits per heavy atom. The summed E-state index contributed by atoms with van der Waals surface area (Å²) in [7, 11) is -3.04. The summed E-state index contributed by atoms with van der Waals surface area (Å²) in [6.07, 6.45) is 1.87. The van der Waals surface area contributed by atoms with Gasteiger partial charge in [0.15, 0.2) is 5.75 Å². The summed E-state index contributed by atoms with van der Waals surface area (Å²) in [5.41, 5.74) is -1.06. The van der Waals surface area contributed by atoms with Crippen molar-refractivity contribution in [2.24, 2.45) is 0 Å². The number of sulfonamides is 1. The van der Waals surface area contributed by atoms with E-state index in [0.29, 0.717) is 22.9 Å². The van der Waals surface area contributed by atoms with E-state index in [-0.39, 0.29) is 32.7 Å². The van der Waals surface area contributed by atoms with E-state index in [1.807, 2.05) is 0 Å². The van der Waals surface area contributed by atoms with Crippen molar-refractivity contribution >= 4 is 49.2 Å². The molecule has 8 nitrogen and oxygen atoms in total. The first kappa shape index (κ1) is 25.8. The van der Waals surface area contributed by atoms with E-state index in [1.54, 1.807) is 30.3 Å². The first-order valence-electron chi connectivity index (χ1n) is 10.7. The van der Waals surface area contributed by atoms with E-state index >= 15 is 0 Å². The van der Waals surface area contributed by atoms with Gasteiger partial charge in [0.1, 0.15) is 22.0 Å². The number of esters is 1. The molecule has 1 fully saturated rings. The normalized spacial score (nSPS) is 14.3. The van der Waals surface area contributed by atoms with Crippen LogP contribution in [0, 0.1) is 11.3 Å². The number of phenolic OH excluding ortho intramolecular Hbond substituents is 1. The number of halogens is 2. The molecule has 0 radical (unpaired) electrons. The van der Waals surface area contributed by atoms with Gasteiger partial charge in [0.2, 0.25) is 0 Å². The number of para-hydroxylation sites is 1. The largest absolute Gasteiger partial charge is 0.505 e.